The summed E-state index contributed by atoms with van der Waals surface area (Å²) in [6.07, 6.45) is 0. The van der Waals surface area contributed by atoms with Crippen LogP contribution in [0.2, 0.25) is 0 Å². The lowest BCUT2D eigenvalue weighted by atomic mass is 10.1. The standard InChI is InChI=1S/C15H13F2NO2/c1-20-14-5-3-2-4-13(14)15(19)18-9-10-6-11(16)8-12(17)7-10/h2-8H,9H2,1H3,(H,18,19). The van der Waals surface area contributed by atoms with E-state index in [0.717, 1.165) is 6.07 Å². The Balaban J connectivity index is 2.08. The summed E-state index contributed by atoms with van der Waals surface area (Å²) in [6.45, 7) is 0.0333. The Morgan fingerprint density at radius 1 is 1.15 bits per heavy atom. The molecular formula is C15H13F2NO2. The van der Waals surface area contributed by atoms with Crippen molar-refractivity contribution in [2.75, 3.05) is 7.11 Å². The van der Waals surface area contributed by atoms with E-state index in [0.29, 0.717) is 16.9 Å². The molecule has 20 heavy (non-hydrogen) atoms. The average Bonchev–Trinajstić information content (AvgIpc) is 2.43. The van der Waals surface area contributed by atoms with Crippen molar-refractivity contribution in [3.8, 4) is 5.75 Å². The molecule has 0 aliphatic carbocycles. The Morgan fingerprint density at radius 3 is 2.45 bits per heavy atom. The molecule has 0 heterocycles. The van der Waals surface area contributed by atoms with Gasteiger partial charge in [-0.3, -0.25) is 4.79 Å². The molecule has 2 aromatic rings. The Labute approximate surface area is 115 Å². The van der Waals surface area contributed by atoms with Crippen molar-refractivity contribution in [3.05, 3.63) is 65.2 Å². The zero-order chi connectivity index (χ0) is 14.5. The largest absolute Gasteiger partial charge is 0.496 e. The van der Waals surface area contributed by atoms with E-state index in [1.165, 1.54) is 19.2 Å². The minimum absolute atomic E-state index is 0.0333. The van der Waals surface area contributed by atoms with Crippen LogP contribution in [0.4, 0.5) is 8.78 Å². The number of methoxy groups -OCH3 is 1. The van der Waals surface area contributed by atoms with Gasteiger partial charge in [-0.1, -0.05) is 12.1 Å². The van der Waals surface area contributed by atoms with Crippen LogP contribution in [0, 0.1) is 11.6 Å². The first kappa shape index (κ1) is 14.0. The first-order valence-electron chi connectivity index (χ1n) is 5.96. The number of rotatable bonds is 4. The molecule has 0 saturated heterocycles. The van der Waals surface area contributed by atoms with Gasteiger partial charge in [-0.2, -0.15) is 0 Å². The summed E-state index contributed by atoms with van der Waals surface area (Å²) in [6, 6.07) is 9.86. The predicted octanol–water partition coefficient (Wildman–Crippen LogP) is 2.90. The van der Waals surface area contributed by atoms with Crippen LogP contribution < -0.4 is 10.1 Å². The molecule has 0 fully saturated rings. The van der Waals surface area contributed by atoms with Crippen molar-refractivity contribution in [1.29, 1.82) is 0 Å². The Hall–Kier alpha value is -2.43. The van der Waals surface area contributed by atoms with Gasteiger partial charge in [0.25, 0.3) is 5.91 Å². The summed E-state index contributed by atoms with van der Waals surface area (Å²) < 4.78 is 31.1. The third-order valence-corrected chi connectivity index (χ3v) is 2.73. The van der Waals surface area contributed by atoms with E-state index in [1.54, 1.807) is 24.3 Å². The normalized spacial score (nSPS) is 10.2. The molecule has 0 aromatic heterocycles. The summed E-state index contributed by atoms with van der Waals surface area (Å²) in [5, 5.41) is 2.59. The van der Waals surface area contributed by atoms with Crippen LogP contribution in [0.15, 0.2) is 42.5 Å². The smallest absolute Gasteiger partial charge is 0.255 e. The number of amides is 1. The molecule has 0 radical (unpaired) electrons. The molecule has 2 rings (SSSR count). The minimum Gasteiger partial charge on any atom is -0.496 e. The van der Waals surface area contributed by atoms with Crippen molar-refractivity contribution in [2.45, 2.75) is 6.54 Å². The highest BCUT2D eigenvalue weighted by atomic mass is 19.1. The SMILES string of the molecule is COc1ccccc1C(=O)NCc1cc(F)cc(F)c1. The summed E-state index contributed by atoms with van der Waals surface area (Å²) >= 11 is 0. The molecule has 1 amide bonds. The Morgan fingerprint density at radius 2 is 1.80 bits per heavy atom. The number of halogens is 2. The van der Waals surface area contributed by atoms with Gasteiger partial charge < -0.3 is 10.1 Å². The number of hydrogen-bond donors (Lipinski definition) is 1. The first-order valence-corrected chi connectivity index (χ1v) is 5.96. The van der Waals surface area contributed by atoms with Gasteiger partial charge in [0.15, 0.2) is 0 Å². The molecule has 104 valence electrons. The highest BCUT2D eigenvalue weighted by molar-refractivity contribution is 5.96. The Bertz CT molecular complexity index is 609. The van der Waals surface area contributed by atoms with Crippen LogP contribution in [0.5, 0.6) is 5.75 Å². The van der Waals surface area contributed by atoms with Crippen LogP contribution in [0.1, 0.15) is 15.9 Å². The molecule has 0 unspecified atom stereocenters. The van der Waals surface area contributed by atoms with Crippen molar-refractivity contribution in [2.24, 2.45) is 0 Å². The maximum absolute atomic E-state index is 13.0. The van der Waals surface area contributed by atoms with Gasteiger partial charge in [-0.15, -0.1) is 0 Å². The van der Waals surface area contributed by atoms with E-state index in [4.69, 9.17) is 4.74 Å². The number of carbonyl (C=O) groups is 1. The number of ether oxygens (including phenoxy) is 1. The molecule has 2 aromatic carbocycles. The van der Waals surface area contributed by atoms with Gasteiger partial charge in [0, 0.05) is 12.6 Å². The summed E-state index contributed by atoms with van der Waals surface area (Å²) in [5.74, 6) is -1.28. The van der Waals surface area contributed by atoms with E-state index in [9.17, 15) is 13.6 Å². The zero-order valence-electron chi connectivity index (χ0n) is 10.8. The lowest BCUT2D eigenvalue weighted by Crippen LogP contribution is -2.23. The minimum atomic E-state index is -0.674. The molecule has 3 nitrogen and oxygen atoms in total. The van der Waals surface area contributed by atoms with Crippen LogP contribution in [0.25, 0.3) is 0 Å². The van der Waals surface area contributed by atoms with Gasteiger partial charge in [0.2, 0.25) is 0 Å². The fraction of sp³-hybridized carbons (Fsp3) is 0.133. The monoisotopic (exact) mass is 277 g/mol. The fourth-order valence-electron chi connectivity index (χ4n) is 1.82. The van der Waals surface area contributed by atoms with Gasteiger partial charge in [0.05, 0.1) is 12.7 Å². The molecule has 0 aliphatic rings. The van der Waals surface area contributed by atoms with Crippen LogP contribution in [0.3, 0.4) is 0 Å². The maximum atomic E-state index is 13.0. The number of carbonyl (C=O) groups excluding carboxylic acids is 1. The third kappa shape index (κ3) is 3.32. The van der Waals surface area contributed by atoms with Crippen LogP contribution in [-0.4, -0.2) is 13.0 Å². The molecule has 0 aliphatic heterocycles. The summed E-state index contributed by atoms with van der Waals surface area (Å²) in [7, 11) is 1.47. The van der Waals surface area contributed by atoms with E-state index in [1.807, 2.05) is 0 Å². The lowest BCUT2D eigenvalue weighted by Gasteiger charge is -2.09. The highest BCUT2D eigenvalue weighted by Crippen LogP contribution is 2.17. The van der Waals surface area contributed by atoms with Crippen molar-refractivity contribution < 1.29 is 18.3 Å². The summed E-state index contributed by atoms with van der Waals surface area (Å²) in [4.78, 5) is 12.0. The third-order valence-electron chi connectivity index (χ3n) is 2.73. The number of para-hydroxylation sites is 1. The van der Waals surface area contributed by atoms with Crippen LogP contribution in [-0.2, 0) is 6.54 Å². The number of hydrogen-bond acceptors (Lipinski definition) is 2. The van der Waals surface area contributed by atoms with E-state index in [-0.39, 0.29) is 12.5 Å². The van der Waals surface area contributed by atoms with E-state index >= 15 is 0 Å². The number of benzene rings is 2. The molecule has 1 N–H and O–H groups in total. The Kier molecular flexibility index (Phi) is 4.30. The maximum Gasteiger partial charge on any atom is 0.255 e. The first-order chi connectivity index (χ1) is 9.60. The molecule has 0 spiro atoms. The van der Waals surface area contributed by atoms with Gasteiger partial charge in [-0.25, -0.2) is 8.78 Å². The zero-order valence-corrected chi connectivity index (χ0v) is 10.8. The van der Waals surface area contributed by atoms with Crippen molar-refractivity contribution in [1.82, 2.24) is 5.32 Å². The van der Waals surface area contributed by atoms with Gasteiger partial charge in [-0.05, 0) is 29.8 Å². The average molecular weight is 277 g/mol. The van der Waals surface area contributed by atoms with Crippen molar-refractivity contribution >= 4 is 5.91 Å². The van der Waals surface area contributed by atoms with Gasteiger partial charge in [0.1, 0.15) is 17.4 Å². The fourth-order valence-corrected chi connectivity index (χ4v) is 1.82. The second-order valence-corrected chi connectivity index (χ2v) is 4.16. The molecular weight excluding hydrogens is 264 g/mol. The quantitative estimate of drug-likeness (QED) is 0.933. The second-order valence-electron chi connectivity index (χ2n) is 4.16. The lowest BCUT2D eigenvalue weighted by molar-refractivity contribution is 0.0947. The topological polar surface area (TPSA) is 38.3 Å². The summed E-state index contributed by atoms with van der Waals surface area (Å²) in [5.41, 5.74) is 0.720. The van der Waals surface area contributed by atoms with Crippen LogP contribution >= 0.6 is 0 Å². The van der Waals surface area contributed by atoms with Gasteiger partial charge >= 0.3 is 0 Å². The van der Waals surface area contributed by atoms with E-state index in [2.05, 4.69) is 5.32 Å². The highest BCUT2D eigenvalue weighted by Gasteiger charge is 2.11. The molecule has 0 saturated carbocycles. The molecule has 0 atom stereocenters. The van der Waals surface area contributed by atoms with E-state index < -0.39 is 11.6 Å². The molecule has 5 heteroatoms. The second kappa shape index (κ2) is 6.14. The van der Waals surface area contributed by atoms with Crippen molar-refractivity contribution in [3.63, 3.8) is 0 Å². The molecule has 0 bridgehead atoms. The predicted molar refractivity (Wildman–Crippen MR) is 70.5 cm³/mol. The number of nitrogens with one attached hydrogen (secondary N) is 1.